The molecule has 7 nitrogen and oxygen atoms in total. The minimum absolute atomic E-state index is 0.321. The van der Waals surface area contributed by atoms with Crippen molar-refractivity contribution in [3.63, 3.8) is 0 Å². The summed E-state index contributed by atoms with van der Waals surface area (Å²) in [7, 11) is 2.09. The first-order valence-electron chi connectivity index (χ1n) is 13.8. The summed E-state index contributed by atoms with van der Waals surface area (Å²) in [4.78, 5) is 21.3. The lowest BCUT2D eigenvalue weighted by molar-refractivity contribution is 0.144. The van der Waals surface area contributed by atoms with Crippen LogP contribution in [0.25, 0.3) is 33.5 Å². The number of fused-ring (bicyclic) bond motifs is 1. The number of aryl methyl sites for hydroxylation is 2. The third-order valence-electron chi connectivity index (χ3n) is 7.51. The fourth-order valence-electron chi connectivity index (χ4n) is 5.43. The molecule has 0 bridgehead atoms. The number of benzene rings is 3. The Kier molecular flexibility index (Phi) is 7.48. The summed E-state index contributed by atoms with van der Waals surface area (Å²) >= 11 is 0. The molecule has 206 valence electrons. The smallest absolute Gasteiger partial charge is 0.449 e. The van der Waals surface area contributed by atoms with Gasteiger partial charge in [0.05, 0.1) is 16.7 Å². The van der Waals surface area contributed by atoms with Gasteiger partial charge in [-0.15, -0.1) is 0 Å². The molecule has 0 spiro atoms. The highest BCUT2D eigenvalue weighted by Gasteiger charge is 2.19. The molecule has 0 unspecified atom stereocenters. The fourth-order valence-corrected chi connectivity index (χ4v) is 5.43. The molecule has 3 aromatic carbocycles. The number of imidazole rings is 2. The Hall–Kier alpha value is -4.39. The Morgan fingerprint density at radius 1 is 1.00 bits per heavy atom. The highest BCUT2D eigenvalue weighted by atomic mass is 16.7. The summed E-state index contributed by atoms with van der Waals surface area (Å²) in [6, 6.07) is 19.8. The topological polar surface area (TPSA) is 82.2 Å². The van der Waals surface area contributed by atoms with Crippen molar-refractivity contribution in [2.24, 2.45) is 7.05 Å². The van der Waals surface area contributed by atoms with Crippen LogP contribution < -0.4 is 4.74 Å². The first kappa shape index (κ1) is 27.2. The molecule has 0 aliphatic rings. The standard InChI is InChI=1S/C33H36N4O3/c1-7-10-29-34-31-21(4)17-25(32-35-30(20(2)3)22(5)36(32)6)18-27(31)37(29)19-23-13-15-24(16-14-23)26-11-8-9-12-28(26)40-33(38)39/h8-9,11-18,20H,7,10,19H2,1-6H3,(H,38,39). The zero-order valence-electron chi connectivity index (χ0n) is 24.0. The number of rotatable bonds is 8. The maximum atomic E-state index is 11.1. The molecule has 40 heavy (non-hydrogen) atoms. The quantitative estimate of drug-likeness (QED) is 0.161. The molecule has 0 saturated heterocycles. The number of carbonyl (C=O) groups is 1. The average Bonchev–Trinajstić information content (AvgIpc) is 3.42. The second-order valence-corrected chi connectivity index (χ2v) is 10.7. The van der Waals surface area contributed by atoms with E-state index in [0.717, 1.165) is 69.0 Å². The third-order valence-corrected chi connectivity index (χ3v) is 7.51. The van der Waals surface area contributed by atoms with E-state index in [0.29, 0.717) is 18.2 Å². The number of ether oxygens (including phenoxy) is 1. The van der Waals surface area contributed by atoms with Gasteiger partial charge in [0.2, 0.25) is 0 Å². The number of aromatic nitrogens is 4. The van der Waals surface area contributed by atoms with E-state index in [9.17, 15) is 4.79 Å². The van der Waals surface area contributed by atoms with Crippen molar-refractivity contribution in [3.05, 3.63) is 89.0 Å². The van der Waals surface area contributed by atoms with E-state index in [1.54, 1.807) is 12.1 Å². The van der Waals surface area contributed by atoms with Crippen LogP contribution in [0.2, 0.25) is 0 Å². The molecule has 5 aromatic rings. The van der Waals surface area contributed by atoms with Crippen LogP contribution in [-0.4, -0.2) is 30.4 Å². The van der Waals surface area contributed by atoms with Crippen LogP contribution in [0.4, 0.5) is 4.79 Å². The SMILES string of the molecule is CCCc1nc2c(C)cc(-c3nc(C(C)C)c(C)n3C)cc2n1Cc1ccc(-c2ccccc2OC(=O)O)cc1. The fraction of sp³-hybridized carbons (Fsp3) is 0.303. The molecule has 0 saturated carbocycles. The van der Waals surface area contributed by atoms with E-state index in [-0.39, 0.29) is 0 Å². The molecule has 2 aromatic heterocycles. The lowest BCUT2D eigenvalue weighted by Gasteiger charge is -2.12. The van der Waals surface area contributed by atoms with Crippen LogP contribution in [0, 0.1) is 13.8 Å². The summed E-state index contributed by atoms with van der Waals surface area (Å²) in [6.45, 7) is 11.5. The highest BCUT2D eigenvalue weighted by molar-refractivity contribution is 5.85. The molecule has 5 rings (SSSR count). The summed E-state index contributed by atoms with van der Waals surface area (Å²) in [5.74, 6) is 2.72. The van der Waals surface area contributed by atoms with Crippen LogP contribution in [0.3, 0.4) is 0 Å². The van der Waals surface area contributed by atoms with E-state index in [1.807, 2.05) is 24.3 Å². The molecule has 0 aliphatic heterocycles. The van der Waals surface area contributed by atoms with E-state index in [2.05, 4.69) is 75.1 Å². The predicted molar refractivity (Wildman–Crippen MR) is 159 cm³/mol. The maximum absolute atomic E-state index is 11.1. The van der Waals surface area contributed by atoms with Crippen molar-refractivity contribution in [1.82, 2.24) is 19.1 Å². The van der Waals surface area contributed by atoms with Crippen molar-refractivity contribution in [2.45, 2.75) is 59.9 Å². The zero-order chi connectivity index (χ0) is 28.6. The zero-order valence-corrected chi connectivity index (χ0v) is 24.0. The largest absolute Gasteiger partial charge is 0.511 e. The van der Waals surface area contributed by atoms with Crippen LogP contribution >= 0.6 is 0 Å². The molecule has 0 aliphatic carbocycles. The lowest BCUT2D eigenvalue weighted by Crippen LogP contribution is -2.06. The molecule has 0 amide bonds. The molecule has 0 atom stereocenters. The Balaban J connectivity index is 1.55. The molecular weight excluding hydrogens is 500 g/mol. The van der Waals surface area contributed by atoms with Crippen LogP contribution in [0.15, 0.2) is 60.7 Å². The van der Waals surface area contributed by atoms with Gasteiger partial charge < -0.3 is 19.0 Å². The van der Waals surface area contributed by atoms with Gasteiger partial charge in [-0.25, -0.2) is 14.8 Å². The molecule has 7 heteroatoms. The molecular formula is C33H36N4O3. The number of nitrogens with zero attached hydrogens (tertiary/aromatic N) is 4. The summed E-state index contributed by atoms with van der Waals surface area (Å²) < 4.78 is 9.51. The van der Waals surface area contributed by atoms with Crippen molar-refractivity contribution >= 4 is 17.2 Å². The average molecular weight is 537 g/mol. The van der Waals surface area contributed by atoms with Gasteiger partial charge in [-0.2, -0.15) is 0 Å². The second kappa shape index (κ2) is 11.0. The minimum Gasteiger partial charge on any atom is -0.449 e. The predicted octanol–water partition coefficient (Wildman–Crippen LogP) is 7.90. The van der Waals surface area contributed by atoms with E-state index >= 15 is 0 Å². The monoisotopic (exact) mass is 536 g/mol. The van der Waals surface area contributed by atoms with Gasteiger partial charge in [-0.1, -0.05) is 63.2 Å². The Morgan fingerprint density at radius 2 is 1.73 bits per heavy atom. The van der Waals surface area contributed by atoms with Gasteiger partial charge in [-0.05, 0) is 61.1 Å². The van der Waals surface area contributed by atoms with E-state index < -0.39 is 6.16 Å². The minimum atomic E-state index is -1.32. The first-order valence-corrected chi connectivity index (χ1v) is 13.8. The summed E-state index contributed by atoms with van der Waals surface area (Å²) in [6.07, 6.45) is 0.570. The molecule has 0 radical (unpaired) electrons. The number of carboxylic acid groups (broad SMARTS) is 1. The first-order chi connectivity index (χ1) is 19.2. The van der Waals surface area contributed by atoms with E-state index in [4.69, 9.17) is 19.8 Å². The van der Waals surface area contributed by atoms with Gasteiger partial charge in [0.15, 0.2) is 0 Å². The van der Waals surface area contributed by atoms with Gasteiger partial charge in [0.1, 0.15) is 17.4 Å². The maximum Gasteiger partial charge on any atom is 0.511 e. The van der Waals surface area contributed by atoms with Crippen molar-refractivity contribution in [1.29, 1.82) is 0 Å². The van der Waals surface area contributed by atoms with Crippen LogP contribution in [0.1, 0.15) is 61.4 Å². The second-order valence-electron chi connectivity index (χ2n) is 10.7. The number of para-hydroxylation sites is 1. The normalized spacial score (nSPS) is 11.5. The summed E-state index contributed by atoms with van der Waals surface area (Å²) in [5.41, 5.74) is 9.46. The Morgan fingerprint density at radius 3 is 2.38 bits per heavy atom. The number of hydrogen-bond acceptors (Lipinski definition) is 4. The molecule has 0 fully saturated rings. The van der Waals surface area contributed by atoms with E-state index in [1.165, 1.54) is 5.69 Å². The lowest BCUT2D eigenvalue weighted by atomic mass is 10.0. The molecule has 1 N–H and O–H groups in total. The number of hydrogen-bond donors (Lipinski definition) is 1. The van der Waals surface area contributed by atoms with Crippen molar-refractivity contribution in [3.8, 4) is 28.3 Å². The van der Waals surface area contributed by atoms with Crippen molar-refractivity contribution < 1.29 is 14.6 Å². The molecule has 2 heterocycles. The third kappa shape index (κ3) is 5.11. The Labute approximate surface area is 235 Å². The van der Waals surface area contributed by atoms with Crippen LogP contribution in [0.5, 0.6) is 5.75 Å². The van der Waals surface area contributed by atoms with Gasteiger partial charge in [-0.3, -0.25) is 0 Å². The Bertz CT molecular complexity index is 1690. The van der Waals surface area contributed by atoms with Crippen LogP contribution in [-0.2, 0) is 20.0 Å². The van der Waals surface area contributed by atoms with Crippen molar-refractivity contribution in [2.75, 3.05) is 0 Å². The van der Waals surface area contributed by atoms with Gasteiger partial charge >= 0.3 is 6.16 Å². The van der Waals surface area contributed by atoms with Gasteiger partial charge in [0.25, 0.3) is 0 Å². The highest BCUT2D eigenvalue weighted by Crippen LogP contribution is 2.33. The van der Waals surface area contributed by atoms with Gasteiger partial charge in [0, 0.05) is 36.8 Å². The summed E-state index contributed by atoms with van der Waals surface area (Å²) in [5, 5.41) is 9.11.